The maximum Gasteiger partial charge on any atom is 0.163 e. The fourth-order valence-corrected chi connectivity index (χ4v) is 5.37. The molecular formula is C25H30N4O4. The molecule has 0 amide bonds. The van der Waals surface area contributed by atoms with Crippen molar-refractivity contribution in [3.05, 3.63) is 48.2 Å². The molecule has 0 bridgehead atoms. The fraction of sp³-hybridized carbons (Fsp3) is 0.520. The predicted molar refractivity (Wildman–Crippen MR) is 123 cm³/mol. The van der Waals surface area contributed by atoms with E-state index in [0.717, 1.165) is 42.4 Å². The van der Waals surface area contributed by atoms with Crippen LogP contribution in [-0.4, -0.2) is 63.6 Å². The van der Waals surface area contributed by atoms with Crippen molar-refractivity contribution >= 4 is 11.5 Å². The van der Waals surface area contributed by atoms with Crippen molar-refractivity contribution < 1.29 is 19.3 Å². The van der Waals surface area contributed by atoms with Gasteiger partial charge in [-0.2, -0.15) is 9.61 Å². The minimum Gasteiger partial charge on any atom is -0.396 e. The van der Waals surface area contributed by atoms with Crippen LogP contribution in [0.3, 0.4) is 0 Å². The van der Waals surface area contributed by atoms with Crippen LogP contribution in [0, 0.1) is 5.92 Å². The fourth-order valence-electron chi connectivity index (χ4n) is 5.37. The average molecular weight is 451 g/mol. The van der Waals surface area contributed by atoms with Crippen LogP contribution in [0.15, 0.2) is 42.6 Å². The van der Waals surface area contributed by atoms with Gasteiger partial charge >= 0.3 is 0 Å². The number of fused-ring (bicyclic) bond motifs is 2. The lowest BCUT2D eigenvalue weighted by molar-refractivity contribution is -0.158. The van der Waals surface area contributed by atoms with Gasteiger partial charge in [0.05, 0.1) is 31.1 Å². The topological polar surface area (TPSA) is 90.1 Å². The van der Waals surface area contributed by atoms with Gasteiger partial charge in [0.2, 0.25) is 0 Å². The molecule has 1 saturated carbocycles. The molecule has 3 fully saturated rings. The zero-order chi connectivity index (χ0) is 22.8. The smallest absolute Gasteiger partial charge is 0.163 e. The summed E-state index contributed by atoms with van der Waals surface area (Å²) >= 11 is 0. The molecule has 1 aliphatic carbocycles. The highest BCUT2D eigenvalue weighted by atomic mass is 16.8. The van der Waals surface area contributed by atoms with E-state index in [2.05, 4.69) is 41.5 Å². The zero-order valence-electron chi connectivity index (χ0n) is 19.2. The van der Waals surface area contributed by atoms with Crippen LogP contribution in [0.2, 0.25) is 0 Å². The number of anilines is 1. The molecule has 8 nitrogen and oxygen atoms in total. The summed E-state index contributed by atoms with van der Waals surface area (Å²) in [6, 6.07) is 12.5. The Balaban J connectivity index is 1.30. The van der Waals surface area contributed by atoms with Crippen LogP contribution < -0.4 is 5.32 Å². The van der Waals surface area contributed by atoms with Gasteiger partial charge in [-0.1, -0.05) is 25.1 Å². The van der Waals surface area contributed by atoms with Crippen LogP contribution in [0.5, 0.6) is 0 Å². The Morgan fingerprint density at radius 1 is 1.12 bits per heavy atom. The Labute approximate surface area is 192 Å². The van der Waals surface area contributed by atoms with Gasteiger partial charge in [-0.25, -0.2) is 4.98 Å². The first-order chi connectivity index (χ1) is 15.9. The number of aromatic nitrogens is 3. The first-order valence-corrected chi connectivity index (χ1v) is 11.6. The first kappa shape index (κ1) is 21.0. The normalized spacial score (nSPS) is 29.7. The van der Waals surface area contributed by atoms with Crippen molar-refractivity contribution in [3.63, 3.8) is 0 Å². The van der Waals surface area contributed by atoms with Crippen molar-refractivity contribution in [1.29, 1.82) is 0 Å². The van der Waals surface area contributed by atoms with Crippen molar-refractivity contribution in [1.82, 2.24) is 14.6 Å². The number of rotatable bonds is 5. The van der Waals surface area contributed by atoms with Gasteiger partial charge in [0.1, 0.15) is 11.9 Å². The SMILES string of the molecule is CC1(C)O[C@@H]2[C@H](O1)C(CO)C[C@H]2Nc1ccnc2cc(-c3cccc(C4(C)COC4)c3)nn12. The van der Waals surface area contributed by atoms with Crippen molar-refractivity contribution in [3.8, 4) is 11.3 Å². The number of nitrogens with zero attached hydrogens (tertiary/aromatic N) is 3. The summed E-state index contributed by atoms with van der Waals surface area (Å²) in [6.45, 7) is 7.65. The van der Waals surface area contributed by atoms with Crippen LogP contribution >= 0.6 is 0 Å². The molecule has 3 aromatic rings. The van der Waals surface area contributed by atoms with Gasteiger partial charge in [0.25, 0.3) is 0 Å². The van der Waals surface area contributed by atoms with Gasteiger partial charge < -0.3 is 24.6 Å². The summed E-state index contributed by atoms with van der Waals surface area (Å²) < 4.78 is 19.6. The summed E-state index contributed by atoms with van der Waals surface area (Å²) in [5, 5.41) is 18.4. The summed E-state index contributed by atoms with van der Waals surface area (Å²) in [7, 11) is 0. The molecule has 1 aromatic carbocycles. The standard InChI is InChI=1S/C25H30N4O4/c1-24(2)32-22-16(12-30)10-19(23(22)33-24)27-20-7-8-26-21-11-18(28-29(20)21)15-5-4-6-17(9-15)25(3)13-31-14-25/h4-9,11,16,19,22-23,27,30H,10,12-14H2,1-3H3/t16?,19-,22-,23+/m1/s1. The number of aliphatic hydroxyl groups excluding tert-OH is 1. The molecule has 6 rings (SSSR count). The van der Waals surface area contributed by atoms with Crippen LogP contribution in [0.1, 0.15) is 32.8 Å². The molecule has 33 heavy (non-hydrogen) atoms. The second-order valence-corrected chi connectivity index (χ2v) is 10.3. The molecule has 174 valence electrons. The Morgan fingerprint density at radius 3 is 2.70 bits per heavy atom. The van der Waals surface area contributed by atoms with E-state index in [0.29, 0.717) is 0 Å². The molecule has 2 N–H and O–H groups in total. The zero-order valence-corrected chi connectivity index (χ0v) is 19.2. The third kappa shape index (κ3) is 3.52. The molecule has 2 saturated heterocycles. The number of ether oxygens (including phenoxy) is 3. The second kappa shape index (κ2) is 7.50. The lowest BCUT2D eigenvalue weighted by Gasteiger charge is -2.38. The highest BCUT2D eigenvalue weighted by Crippen LogP contribution is 2.42. The quantitative estimate of drug-likeness (QED) is 0.618. The summed E-state index contributed by atoms with van der Waals surface area (Å²) in [6.07, 6.45) is 2.31. The average Bonchev–Trinajstić information content (AvgIpc) is 3.44. The van der Waals surface area contributed by atoms with E-state index in [1.807, 2.05) is 30.5 Å². The molecule has 3 aliphatic rings. The lowest BCUT2D eigenvalue weighted by Crippen LogP contribution is -2.43. The maximum absolute atomic E-state index is 9.87. The number of nitrogens with one attached hydrogen (secondary N) is 1. The number of hydrogen-bond acceptors (Lipinski definition) is 7. The van der Waals surface area contributed by atoms with Crippen LogP contribution in [0.4, 0.5) is 5.82 Å². The Kier molecular flexibility index (Phi) is 4.78. The van der Waals surface area contributed by atoms with E-state index >= 15 is 0 Å². The Morgan fingerprint density at radius 2 is 1.94 bits per heavy atom. The highest BCUT2D eigenvalue weighted by Gasteiger charge is 2.53. The molecule has 4 atom stereocenters. The summed E-state index contributed by atoms with van der Waals surface area (Å²) in [5.41, 5.74) is 4.05. The van der Waals surface area contributed by atoms with E-state index in [1.54, 1.807) is 6.20 Å². The molecule has 0 radical (unpaired) electrons. The summed E-state index contributed by atoms with van der Waals surface area (Å²) in [4.78, 5) is 4.53. The van der Waals surface area contributed by atoms with Crippen LogP contribution in [0.25, 0.3) is 16.9 Å². The van der Waals surface area contributed by atoms with Gasteiger partial charge in [0, 0.05) is 35.8 Å². The number of benzene rings is 1. The van der Waals surface area contributed by atoms with E-state index in [1.165, 1.54) is 5.56 Å². The van der Waals surface area contributed by atoms with E-state index in [4.69, 9.17) is 19.3 Å². The predicted octanol–water partition coefficient (Wildman–Crippen LogP) is 3.00. The maximum atomic E-state index is 9.87. The largest absolute Gasteiger partial charge is 0.396 e. The van der Waals surface area contributed by atoms with Crippen molar-refractivity contribution in [2.75, 3.05) is 25.1 Å². The highest BCUT2D eigenvalue weighted by molar-refractivity contribution is 5.66. The Hall–Kier alpha value is -2.52. The number of aliphatic hydroxyl groups is 1. The lowest BCUT2D eigenvalue weighted by atomic mass is 9.80. The third-order valence-corrected chi connectivity index (χ3v) is 7.20. The molecule has 8 heteroatoms. The van der Waals surface area contributed by atoms with E-state index in [9.17, 15) is 5.11 Å². The summed E-state index contributed by atoms with van der Waals surface area (Å²) in [5.74, 6) is 0.236. The number of hydrogen-bond donors (Lipinski definition) is 2. The minimum atomic E-state index is -0.650. The van der Waals surface area contributed by atoms with Gasteiger partial charge in [-0.05, 0) is 38.0 Å². The Bertz CT molecular complexity index is 1190. The molecule has 2 aromatic heterocycles. The minimum absolute atomic E-state index is 0.00840. The molecule has 0 spiro atoms. The van der Waals surface area contributed by atoms with Gasteiger partial charge in [0.15, 0.2) is 11.4 Å². The van der Waals surface area contributed by atoms with Gasteiger partial charge in [-0.15, -0.1) is 0 Å². The van der Waals surface area contributed by atoms with E-state index in [-0.39, 0.29) is 36.2 Å². The van der Waals surface area contributed by atoms with Crippen molar-refractivity contribution in [2.24, 2.45) is 5.92 Å². The van der Waals surface area contributed by atoms with Crippen LogP contribution in [-0.2, 0) is 19.6 Å². The molecule has 1 unspecified atom stereocenters. The van der Waals surface area contributed by atoms with Crippen molar-refractivity contribution in [2.45, 2.75) is 56.6 Å². The first-order valence-electron chi connectivity index (χ1n) is 11.6. The van der Waals surface area contributed by atoms with E-state index < -0.39 is 5.79 Å². The molecule has 4 heterocycles. The van der Waals surface area contributed by atoms with Gasteiger partial charge in [-0.3, -0.25) is 0 Å². The molecular weight excluding hydrogens is 420 g/mol. The monoisotopic (exact) mass is 450 g/mol. The second-order valence-electron chi connectivity index (χ2n) is 10.3. The third-order valence-electron chi connectivity index (χ3n) is 7.20. The molecule has 2 aliphatic heterocycles.